The molecule has 0 aliphatic carbocycles. The maximum absolute atomic E-state index is 12.3. The number of fused-ring (bicyclic) bond motifs is 1. The van der Waals surface area contributed by atoms with E-state index in [2.05, 4.69) is 5.32 Å². The van der Waals surface area contributed by atoms with Crippen molar-refractivity contribution in [1.29, 1.82) is 0 Å². The lowest BCUT2D eigenvalue weighted by atomic mass is 9.99. The Hall–Kier alpha value is -1.87. The van der Waals surface area contributed by atoms with Crippen molar-refractivity contribution in [2.45, 2.75) is 25.3 Å². The molecule has 0 aromatic heterocycles. The van der Waals surface area contributed by atoms with Gasteiger partial charge in [0.15, 0.2) is 5.78 Å². The average Bonchev–Trinajstić information content (AvgIpc) is 2.99. The van der Waals surface area contributed by atoms with Gasteiger partial charge in [0.2, 0.25) is 0 Å². The standard InChI is InChI=1S/C17H19NO2/c1-20-16-7-6-12-9-14(5-4-13(12)10-16)17(19)11-15-3-2-8-18-15/h4-7,9-10,15,18H,2-3,8,11H2,1H3. The molecule has 1 atom stereocenters. The van der Waals surface area contributed by atoms with Crippen molar-refractivity contribution >= 4 is 16.6 Å². The van der Waals surface area contributed by atoms with E-state index in [9.17, 15) is 4.79 Å². The molecule has 1 N–H and O–H groups in total. The van der Waals surface area contributed by atoms with Crippen LogP contribution in [0.1, 0.15) is 29.6 Å². The zero-order valence-electron chi connectivity index (χ0n) is 11.7. The number of benzene rings is 2. The summed E-state index contributed by atoms with van der Waals surface area (Å²) in [6.07, 6.45) is 2.88. The molecule has 1 aliphatic rings. The van der Waals surface area contributed by atoms with Gasteiger partial charge >= 0.3 is 0 Å². The molecule has 20 heavy (non-hydrogen) atoms. The number of Topliss-reactive ketones (excluding diaryl/α,β-unsaturated/α-hetero) is 1. The monoisotopic (exact) mass is 269 g/mol. The van der Waals surface area contributed by atoms with E-state index in [1.54, 1.807) is 7.11 Å². The number of rotatable bonds is 4. The summed E-state index contributed by atoms with van der Waals surface area (Å²) < 4.78 is 5.21. The van der Waals surface area contributed by atoms with E-state index in [0.717, 1.165) is 35.1 Å². The third kappa shape index (κ3) is 2.68. The summed E-state index contributed by atoms with van der Waals surface area (Å²) in [5.41, 5.74) is 0.802. The first-order valence-electron chi connectivity index (χ1n) is 7.10. The molecule has 2 aromatic rings. The van der Waals surface area contributed by atoms with Crippen molar-refractivity contribution < 1.29 is 9.53 Å². The Morgan fingerprint density at radius 1 is 1.25 bits per heavy atom. The summed E-state index contributed by atoms with van der Waals surface area (Å²) in [4.78, 5) is 12.3. The van der Waals surface area contributed by atoms with Gasteiger partial charge in [-0.25, -0.2) is 0 Å². The molecule has 1 aliphatic heterocycles. The minimum absolute atomic E-state index is 0.224. The van der Waals surface area contributed by atoms with Crippen LogP contribution in [0, 0.1) is 0 Å². The van der Waals surface area contributed by atoms with Crippen LogP contribution >= 0.6 is 0 Å². The van der Waals surface area contributed by atoms with E-state index in [-0.39, 0.29) is 5.78 Å². The molecule has 1 saturated heterocycles. The van der Waals surface area contributed by atoms with Crippen molar-refractivity contribution in [3.05, 3.63) is 42.0 Å². The molecule has 3 nitrogen and oxygen atoms in total. The molecule has 1 fully saturated rings. The first-order valence-corrected chi connectivity index (χ1v) is 7.10. The highest BCUT2D eigenvalue weighted by atomic mass is 16.5. The normalized spacial score (nSPS) is 18.4. The van der Waals surface area contributed by atoms with Gasteiger partial charge in [0, 0.05) is 18.0 Å². The maximum atomic E-state index is 12.3. The van der Waals surface area contributed by atoms with Crippen LogP contribution < -0.4 is 10.1 Å². The Kier molecular flexibility index (Phi) is 3.70. The third-order valence-corrected chi connectivity index (χ3v) is 3.96. The van der Waals surface area contributed by atoms with Gasteiger partial charge in [-0.3, -0.25) is 4.79 Å². The van der Waals surface area contributed by atoms with Crippen LogP contribution in [0.15, 0.2) is 36.4 Å². The summed E-state index contributed by atoms with van der Waals surface area (Å²) >= 11 is 0. The Morgan fingerprint density at radius 3 is 2.80 bits per heavy atom. The largest absolute Gasteiger partial charge is 0.497 e. The topological polar surface area (TPSA) is 38.3 Å². The SMILES string of the molecule is COc1ccc2cc(C(=O)CC3CCCN3)ccc2c1. The van der Waals surface area contributed by atoms with Crippen LogP contribution in [0.3, 0.4) is 0 Å². The van der Waals surface area contributed by atoms with Gasteiger partial charge in [-0.2, -0.15) is 0 Å². The summed E-state index contributed by atoms with van der Waals surface area (Å²) in [6, 6.07) is 12.2. The molecule has 104 valence electrons. The number of hydrogen-bond acceptors (Lipinski definition) is 3. The number of methoxy groups -OCH3 is 1. The Balaban J connectivity index is 1.82. The predicted octanol–water partition coefficient (Wildman–Crippen LogP) is 3.17. The van der Waals surface area contributed by atoms with Crippen LogP contribution in [0.25, 0.3) is 10.8 Å². The fourth-order valence-electron chi connectivity index (χ4n) is 2.80. The van der Waals surface area contributed by atoms with Crippen molar-refractivity contribution in [1.82, 2.24) is 5.32 Å². The van der Waals surface area contributed by atoms with Crippen molar-refractivity contribution in [2.75, 3.05) is 13.7 Å². The summed E-state index contributed by atoms with van der Waals surface area (Å²) in [6.45, 7) is 1.04. The Bertz CT molecular complexity index is 630. The van der Waals surface area contributed by atoms with Crippen LogP contribution in [0.2, 0.25) is 0 Å². The van der Waals surface area contributed by atoms with Crippen LogP contribution in [0.4, 0.5) is 0 Å². The molecule has 3 rings (SSSR count). The minimum Gasteiger partial charge on any atom is -0.497 e. The van der Waals surface area contributed by atoms with Crippen molar-refractivity contribution in [3.8, 4) is 5.75 Å². The van der Waals surface area contributed by atoms with Gasteiger partial charge in [-0.15, -0.1) is 0 Å². The molecule has 0 radical (unpaired) electrons. The smallest absolute Gasteiger partial charge is 0.164 e. The second kappa shape index (κ2) is 5.63. The number of ketones is 1. The lowest BCUT2D eigenvalue weighted by Crippen LogP contribution is -2.24. The van der Waals surface area contributed by atoms with Crippen LogP contribution in [0.5, 0.6) is 5.75 Å². The number of nitrogens with one attached hydrogen (secondary N) is 1. The van der Waals surface area contributed by atoms with Crippen molar-refractivity contribution in [2.24, 2.45) is 0 Å². The second-order valence-electron chi connectivity index (χ2n) is 5.35. The van der Waals surface area contributed by atoms with Gasteiger partial charge in [-0.05, 0) is 48.4 Å². The van der Waals surface area contributed by atoms with Gasteiger partial charge in [0.1, 0.15) is 5.75 Å². The number of ether oxygens (including phenoxy) is 1. The molecule has 1 heterocycles. The number of carbonyl (C=O) groups is 1. The molecule has 0 saturated carbocycles. The zero-order chi connectivity index (χ0) is 13.9. The van der Waals surface area contributed by atoms with Gasteiger partial charge in [0.05, 0.1) is 7.11 Å². The van der Waals surface area contributed by atoms with Crippen LogP contribution in [-0.4, -0.2) is 25.5 Å². The Morgan fingerprint density at radius 2 is 2.05 bits per heavy atom. The van der Waals surface area contributed by atoms with E-state index in [1.165, 1.54) is 6.42 Å². The van der Waals surface area contributed by atoms with Crippen molar-refractivity contribution in [3.63, 3.8) is 0 Å². The number of carbonyl (C=O) groups excluding carboxylic acids is 1. The minimum atomic E-state index is 0.224. The van der Waals surface area contributed by atoms with E-state index < -0.39 is 0 Å². The fourth-order valence-corrected chi connectivity index (χ4v) is 2.80. The Labute approximate surface area is 118 Å². The van der Waals surface area contributed by atoms with E-state index in [1.807, 2.05) is 36.4 Å². The lowest BCUT2D eigenvalue weighted by Gasteiger charge is -2.09. The molecule has 0 amide bonds. The first kappa shape index (κ1) is 13.1. The van der Waals surface area contributed by atoms with Gasteiger partial charge in [-0.1, -0.05) is 18.2 Å². The molecule has 2 aromatic carbocycles. The highest BCUT2D eigenvalue weighted by Crippen LogP contribution is 2.23. The summed E-state index contributed by atoms with van der Waals surface area (Å²) in [5, 5.41) is 5.55. The van der Waals surface area contributed by atoms with E-state index in [4.69, 9.17) is 4.74 Å². The van der Waals surface area contributed by atoms with E-state index >= 15 is 0 Å². The van der Waals surface area contributed by atoms with Gasteiger partial charge in [0.25, 0.3) is 0 Å². The molecule has 3 heteroatoms. The maximum Gasteiger partial charge on any atom is 0.164 e. The second-order valence-corrected chi connectivity index (χ2v) is 5.35. The molecule has 0 spiro atoms. The molecular weight excluding hydrogens is 250 g/mol. The highest BCUT2D eigenvalue weighted by Gasteiger charge is 2.18. The first-order chi connectivity index (χ1) is 9.76. The summed E-state index contributed by atoms with van der Waals surface area (Å²) in [5.74, 6) is 1.06. The predicted molar refractivity (Wildman–Crippen MR) is 80.5 cm³/mol. The van der Waals surface area contributed by atoms with Crippen LogP contribution in [-0.2, 0) is 0 Å². The zero-order valence-corrected chi connectivity index (χ0v) is 11.7. The van der Waals surface area contributed by atoms with Gasteiger partial charge < -0.3 is 10.1 Å². The molecule has 1 unspecified atom stereocenters. The average molecular weight is 269 g/mol. The summed E-state index contributed by atoms with van der Waals surface area (Å²) in [7, 11) is 1.66. The highest BCUT2D eigenvalue weighted by molar-refractivity contribution is 6.00. The fraction of sp³-hybridized carbons (Fsp3) is 0.353. The molecule has 0 bridgehead atoms. The lowest BCUT2D eigenvalue weighted by molar-refractivity contribution is 0.0972. The quantitative estimate of drug-likeness (QED) is 0.866. The van der Waals surface area contributed by atoms with E-state index in [0.29, 0.717) is 12.5 Å². The third-order valence-electron chi connectivity index (χ3n) is 3.96. The number of hydrogen-bond donors (Lipinski definition) is 1. The molecular formula is C17H19NO2.